The number of furan rings is 1. The van der Waals surface area contributed by atoms with Crippen molar-refractivity contribution in [3.05, 3.63) is 54.0 Å². The van der Waals surface area contributed by atoms with Crippen molar-refractivity contribution in [3.63, 3.8) is 0 Å². The Morgan fingerprint density at radius 1 is 1.12 bits per heavy atom. The molecule has 24 heavy (non-hydrogen) atoms. The lowest BCUT2D eigenvalue weighted by atomic mass is 10.1. The molecule has 5 nitrogen and oxygen atoms in total. The third-order valence-electron chi connectivity index (χ3n) is 3.64. The normalized spacial score (nSPS) is 12.8. The highest BCUT2D eigenvalue weighted by molar-refractivity contribution is 5.33. The van der Waals surface area contributed by atoms with Gasteiger partial charge in [-0.05, 0) is 32.0 Å². The Morgan fingerprint density at radius 2 is 1.92 bits per heavy atom. The van der Waals surface area contributed by atoms with Gasteiger partial charge in [-0.2, -0.15) is 0 Å². The van der Waals surface area contributed by atoms with Gasteiger partial charge in [0.2, 0.25) is 0 Å². The molecule has 0 bridgehead atoms. The zero-order valence-corrected chi connectivity index (χ0v) is 14.6. The van der Waals surface area contributed by atoms with E-state index in [0.717, 1.165) is 17.1 Å². The number of methoxy groups -OCH3 is 1. The molecule has 0 radical (unpaired) electrons. The van der Waals surface area contributed by atoms with Crippen LogP contribution in [0, 0.1) is 0 Å². The second-order valence-corrected chi connectivity index (χ2v) is 6.10. The molecule has 2 aromatic rings. The van der Waals surface area contributed by atoms with Crippen LogP contribution in [0.4, 0.5) is 0 Å². The fraction of sp³-hybridized carbons (Fsp3) is 0.474. The van der Waals surface area contributed by atoms with Crippen LogP contribution in [-0.2, 0) is 17.8 Å². The van der Waals surface area contributed by atoms with Gasteiger partial charge in [0, 0.05) is 18.7 Å². The molecule has 0 spiro atoms. The van der Waals surface area contributed by atoms with Crippen LogP contribution < -0.4 is 4.74 Å². The topological polar surface area (TPSA) is 55.1 Å². The van der Waals surface area contributed by atoms with Crippen LogP contribution in [0.3, 0.4) is 0 Å². The Bertz CT molecular complexity index is 583. The van der Waals surface area contributed by atoms with Crippen molar-refractivity contribution >= 4 is 0 Å². The van der Waals surface area contributed by atoms with Crippen molar-refractivity contribution in [2.45, 2.75) is 39.1 Å². The third kappa shape index (κ3) is 6.00. The van der Waals surface area contributed by atoms with Gasteiger partial charge in [-0.1, -0.05) is 18.2 Å². The minimum absolute atomic E-state index is 0.104. The van der Waals surface area contributed by atoms with Crippen molar-refractivity contribution in [2.24, 2.45) is 0 Å². The molecule has 1 aromatic carbocycles. The number of para-hydroxylation sites is 1. The first-order chi connectivity index (χ1) is 11.6. The largest absolute Gasteiger partial charge is 0.496 e. The number of aliphatic hydroxyl groups is 1. The molecule has 0 amide bonds. The summed E-state index contributed by atoms with van der Waals surface area (Å²) in [4.78, 5) is 2.13. The van der Waals surface area contributed by atoms with Crippen LogP contribution in [0.5, 0.6) is 5.75 Å². The van der Waals surface area contributed by atoms with Gasteiger partial charge in [0.25, 0.3) is 0 Å². The number of nitrogens with zero attached hydrogens (tertiary/aromatic N) is 1. The summed E-state index contributed by atoms with van der Waals surface area (Å²) in [7, 11) is 1.67. The predicted octanol–water partition coefficient (Wildman–Crippen LogP) is 3.08. The number of aliphatic hydroxyl groups excluding tert-OH is 1. The molecule has 1 atom stereocenters. The van der Waals surface area contributed by atoms with Crippen LogP contribution >= 0.6 is 0 Å². The number of hydrogen-bond donors (Lipinski definition) is 1. The summed E-state index contributed by atoms with van der Waals surface area (Å²) in [5.74, 6) is 1.71. The zero-order valence-electron chi connectivity index (χ0n) is 14.6. The minimum Gasteiger partial charge on any atom is -0.496 e. The summed E-state index contributed by atoms with van der Waals surface area (Å²) in [6.07, 6.45) is 1.21. The smallest absolute Gasteiger partial charge is 0.123 e. The van der Waals surface area contributed by atoms with E-state index in [0.29, 0.717) is 26.2 Å². The molecule has 5 heteroatoms. The van der Waals surface area contributed by atoms with E-state index >= 15 is 0 Å². The van der Waals surface area contributed by atoms with Crippen molar-refractivity contribution in [3.8, 4) is 5.75 Å². The van der Waals surface area contributed by atoms with Crippen molar-refractivity contribution in [1.29, 1.82) is 0 Å². The first-order valence-electron chi connectivity index (χ1n) is 8.24. The summed E-state index contributed by atoms with van der Waals surface area (Å²) in [6.45, 7) is 6.00. The van der Waals surface area contributed by atoms with Gasteiger partial charge in [-0.15, -0.1) is 0 Å². The summed E-state index contributed by atoms with van der Waals surface area (Å²) in [5, 5.41) is 10.3. The Hall–Kier alpha value is -1.82. The number of hydrogen-bond acceptors (Lipinski definition) is 5. The van der Waals surface area contributed by atoms with Gasteiger partial charge in [0.15, 0.2) is 0 Å². The zero-order chi connectivity index (χ0) is 17.4. The summed E-state index contributed by atoms with van der Waals surface area (Å²) in [5.41, 5.74) is 1.07. The SMILES string of the molecule is COc1ccccc1CN(Cc1ccco1)CC(O)COC(C)C. The molecule has 0 fully saturated rings. The van der Waals surface area contributed by atoms with Gasteiger partial charge in [-0.3, -0.25) is 4.90 Å². The molecule has 0 aliphatic carbocycles. The quantitative estimate of drug-likeness (QED) is 0.724. The van der Waals surface area contributed by atoms with E-state index < -0.39 is 6.10 Å². The molecule has 132 valence electrons. The van der Waals surface area contributed by atoms with Gasteiger partial charge in [0.05, 0.1) is 38.7 Å². The monoisotopic (exact) mass is 333 g/mol. The summed E-state index contributed by atoms with van der Waals surface area (Å²) < 4.78 is 16.4. The lowest BCUT2D eigenvalue weighted by molar-refractivity contribution is -0.0114. The lowest BCUT2D eigenvalue weighted by Crippen LogP contribution is -2.34. The fourth-order valence-electron chi connectivity index (χ4n) is 2.54. The predicted molar refractivity (Wildman–Crippen MR) is 92.9 cm³/mol. The highest BCUT2D eigenvalue weighted by Gasteiger charge is 2.16. The Balaban J connectivity index is 2.04. The van der Waals surface area contributed by atoms with E-state index in [1.165, 1.54) is 0 Å². The number of benzene rings is 1. The maximum Gasteiger partial charge on any atom is 0.123 e. The first kappa shape index (κ1) is 18.5. The average molecular weight is 333 g/mol. The minimum atomic E-state index is -0.558. The van der Waals surface area contributed by atoms with E-state index in [-0.39, 0.29) is 6.10 Å². The average Bonchev–Trinajstić information content (AvgIpc) is 3.06. The van der Waals surface area contributed by atoms with Crippen LogP contribution in [0.25, 0.3) is 0 Å². The highest BCUT2D eigenvalue weighted by atomic mass is 16.5. The van der Waals surface area contributed by atoms with Crippen LogP contribution in [0.15, 0.2) is 47.1 Å². The number of ether oxygens (including phenoxy) is 2. The summed E-state index contributed by atoms with van der Waals surface area (Å²) in [6, 6.07) is 11.7. The lowest BCUT2D eigenvalue weighted by Gasteiger charge is -2.25. The van der Waals surface area contributed by atoms with E-state index in [9.17, 15) is 5.11 Å². The molecule has 0 aliphatic heterocycles. The third-order valence-corrected chi connectivity index (χ3v) is 3.64. The van der Waals surface area contributed by atoms with E-state index in [4.69, 9.17) is 13.9 Å². The van der Waals surface area contributed by atoms with Gasteiger partial charge < -0.3 is 19.0 Å². The van der Waals surface area contributed by atoms with Crippen LogP contribution in [-0.4, -0.2) is 42.5 Å². The van der Waals surface area contributed by atoms with Crippen LogP contribution in [0.2, 0.25) is 0 Å². The molecule has 0 aliphatic rings. The van der Waals surface area contributed by atoms with E-state index in [2.05, 4.69) is 4.90 Å². The second-order valence-electron chi connectivity index (χ2n) is 6.10. The Morgan fingerprint density at radius 3 is 2.58 bits per heavy atom. The molecule has 2 rings (SSSR count). The molecular formula is C19H27NO4. The fourth-order valence-corrected chi connectivity index (χ4v) is 2.54. The summed E-state index contributed by atoms with van der Waals surface area (Å²) >= 11 is 0. The molecule has 0 saturated carbocycles. The van der Waals surface area contributed by atoms with Gasteiger partial charge >= 0.3 is 0 Å². The molecule has 1 heterocycles. The first-order valence-corrected chi connectivity index (χ1v) is 8.24. The van der Waals surface area contributed by atoms with E-state index in [1.807, 2.05) is 50.2 Å². The van der Waals surface area contributed by atoms with Crippen LogP contribution in [0.1, 0.15) is 25.2 Å². The maximum absolute atomic E-state index is 10.3. The van der Waals surface area contributed by atoms with Gasteiger partial charge in [0.1, 0.15) is 11.5 Å². The maximum atomic E-state index is 10.3. The van der Waals surface area contributed by atoms with Crippen molar-refractivity contribution in [2.75, 3.05) is 20.3 Å². The molecule has 1 N–H and O–H groups in total. The number of rotatable bonds is 10. The molecular weight excluding hydrogens is 306 g/mol. The standard InChI is InChI=1S/C19H27NO4/c1-15(2)24-14-17(21)12-20(13-18-8-6-10-23-18)11-16-7-4-5-9-19(16)22-3/h4-10,15,17,21H,11-14H2,1-3H3. The second kappa shape index (κ2) is 9.47. The molecule has 1 aromatic heterocycles. The van der Waals surface area contributed by atoms with Gasteiger partial charge in [-0.25, -0.2) is 0 Å². The molecule has 1 unspecified atom stereocenters. The van der Waals surface area contributed by atoms with Crippen molar-refractivity contribution < 1.29 is 19.0 Å². The Labute approximate surface area is 143 Å². The highest BCUT2D eigenvalue weighted by Crippen LogP contribution is 2.20. The van der Waals surface area contributed by atoms with Crippen molar-refractivity contribution in [1.82, 2.24) is 4.90 Å². The molecule has 0 saturated heterocycles. The van der Waals surface area contributed by atoms with E-state index in [1.54, 1.807) is 13.4 Å². The Kier molecular flexibility index (Phi) is 7.31.